The fourth-order valence-corrected chi connectivity index (χ4v) is 4.97. The molecule has 1 aliphatic rings. The minimum Gasteiger partial charge on any atom is -0.334 e. The lowest BCUT2D eigenvalue weighted by Gasteiger charge is -2.35. The highest BCUT2D eigenvalue weighted by atomic mass is 32.2. The first-order chi connectivity index (χ1) is 16.0. The second kappa shape index (κ2) is 8.88. The van der Waals surface area contributed by atoms with Gasteiger partial charge in [0.25, 0.3) is 5.89 Å². The van der Waals surface area contributed by atoms with Crippen molar-refractivity contribution in [2.45, 2.75) is 24.8 Å². The quantitative estimate of drug-likeness (QED) is 0.333. The number of benzene rings is 2. The number of thioether (sulfide) groups is 1. The van der Waals surface area contributed by atoms with E-state index in [-0.39, 0.29) is 6.03 Å². The summed E-state index contributed by atoms with van der Waals surface area (Å²) in [7, 11) is 0. The third-order valence-corrected chi connectivity index (χ3v) is 7.23. The van der Waals surface area contributed by atoms with Gasteiger partial charge >= 0.3 is 6.03 Å². The molecule has 2 amide bonds. The van der Waals surface area contributed by atoms with Crippen LogP contribution in [0, 0.1) is 6.92 Å². The Morgan fingerprint density at radius 3 is 2.48 bits per heavy atom. The molecule has 2 aromatic heterocycles. The van der Waals surface area contributed by atoms with Crippen molar-refractivity contribution in [1.82, 2.24) is 15.5 Å². The first-order valence-electron chi connectivity index (χ1n) is 10.4. The fraction of sp³-hybridized carbons (Fsp3) is 0.160. The molecule has 8 heteroatoms. The number of hydrogen-bond donors (Lipinski definition) is 1. The van der Waals surface area contributed by atoms with Gasteiger partial charge in [-0.05, 0) is 61.4 Å². The lowest BCUT2D eigenvalue weighted by molar-refractivity contribution is 0.244. The predicted octanol–water partition coefficient (Wildman–Crippen LogP) is 6.53. The van der Waals surface area contributed by atoms with E-state index in [1.165, 1.54) is 0 Å². The lowest BCUT2D eigenvalue weighted by atomic mass is 9.94. The third kappa shape index (κ3) is 4.07. The van der Waals surface area contributed by atoms with E-state index in [0.29, 0.717) is 11.7 Å². The second-order valence-electron chi connectivity index (χ2n) is 7.73. The lowest BCUT2D eigenvalue weighted by Crippen LogP contribution is -2.46. The number of nitrogens with zero attached hydrogens (tertiary/aromatic N) is 3. The van der Waals surface area contributed by atoms with E-state index < -0.39 is 6.04 Å². The first-order valence-corrected chi connectivity index (χ1v) is 12.6. The Balaban J connectivity index is 1.64. The van der Waals surface area contributed by atoms with E-state index in [9.17, 15) is 4.79 Å². The Morgan fingerprint density at radius 1 is 1.06 bits per heavy atom. The number of allylic oxidation sites excluding steroid dienone is 1. The molecule has 1 aliphatic heterocycles. The summed E-state index contributed by atoms with van der Waals surface area (Å²) < 4.78 is 5.74. The molecule has 1 unspecified atom stereocenters. The van der Waals surface area contributed by atoms with Gasteiger partial charge in [0, 0.05) is 10.6 Å². The zero-order valence-corrected chi connectivity index (χ0v) is 20.0. The van der Waals surface area contributed by atoms with E-state index in [1.807, 2.05) is 86.1 Å². The number of thiophene rings is 1. The van der Waals surface area contributed by atoms with Crippen LogP contribution in [-0.4, -0.2) is 22.4 Å². The standard InChI is InChI=1S/C25H22N4O2S2/c1-15-6-8-17(9-7-15)22-21(24-27-23(28-31-24)20-5-4-14-33-20)16(2)29(25(30)26-22)18-10-12-19(32-3)13-11-18/h4-14,22H,1-3H3,(H,26,30). The summed E-state index contributed by atoms with van der Waals surface area (Å²) in [6.45, 7) is 3.96. The molecule has 5 rings (SSSR count). The van der Waals surface area contributed by atoms with Crippen LogP contribution in [-0.2, 0) is 0 Å². The molecule has 4 aromatic rings. The highest BCUT2D eigenvalue weighted by Gasteiger charge is 2.36. The number of anilines is 1. The smallest absolute Gasteiger partial charge is 0.326 e. The highest BCUT2D eigenvalue weighted by molar-refractivity contribution is 7.98. The number of nitrogens with one attached hydrogen (secondary N) is 1. The number of urea groups is 1. The van der Waals surface area contributed by atoms with Crippen LogP contribution in [0.3, 0.4) is 0 Å². The first kappa shape index (κ1) is 21.5. The van der Waals surface area contributed by atoms with Crippen molar-refractivity contribution in [2.24, 2.45) is 0 Å². The minimum absolute atomic E-state index is 0.197. The van der Waals surface area contributed by atoms with Gasteiger partial charge in [0.1, 0.15) is 0 Å². The molecule has 0 radical (unpaired) electrons. The Morgan fingerprint density at radius 2 is 1.82 bits per heavy atom. The van der Waals surface area contributed by atoms with Crippen LogP contribution in [0.25, 0.3) is 16.3 Å². The number of aromatic nitrogens is 2. The summed E-state index contributed by atoms with van der Waals surface area (Å²) in [6.07, 6.45) is 2.03. The van der Waals surface area contributed by atoms with Gasteiger partial charge in [-0.3, -0.25) is 4.90 Å². The minimum atomic E-state index is -0.406. The van der Waals surface area contributed by atoms with E-state index in [1.54, 1.807) is 28.0 Å². The van der Waals surface area contributed by atoms with Gasteiger partial charge < -0.3 is 9.84 Å². The Labute approximate surface area is 200 Å². The SMILES string of the molecule is CSc1ccc(N2C(=O)NC(c3ccc(C)cc3)C(c3nc(-c4cccs4)no3)=C2C)cc1. The summed E-state index contributed by atoms with van der Waals surface area (Å²) in [6, 6.07) is 19.3. The van der Waals surface area contributed by atoms with Crippen molar-refractivity contribution in [1.29, 1.82) is 0 Å². The van der Waals surface area contributed by atoms with Crippen molar-refractivity contribution >= 4 is 40.4 Å². The number of amides is 2. The molecule has 3 heterocycles. The molecule has 0 spiro atoms. The van der Waals surface area contributed by atoms with Crippen molar-refractivity contribution in [3.63, 3.8) is 0 Å². The van der Waals surface area contributed by atoms with Gasteiger partial charge in [-0.15, -0.1) is 23.1 Å². The van der Waals surface area contributed by atoms with Gasteiger partial charge in [0.2, 0.25) is 5.82 Å². The fourth-order valence-electron chi connectivity index (χ4n) is 3.91. The number of rotatable bonds is 5. The number of carbonyl (C=O) groups excluding carboxylic acids is 1. The molecular formula is C25H22N4O2S2. The molecular weight excluding hydrogens is 452 g/mol. The molecule has 1 N–H and O–H groups in total. The zero-order chi connectivity index (χ0) is 22.9. The molecule has 0 fully saturated rings. The summed E-state index contributed by atoms with van der Waals surface area (Å²) in [4.78, 5) is 21.7. The Hall–Kier alpha value is -3.36. The van der Waals surface area contributed by atoms with Gasteiger partial charge in [-0.1, -0.05) is 41.1 Å². The number of carbonyl (C=O) groups is 1. The van der Waals surface area contributed by atoms with Crippen molar-refractivity contribution in [2.75, 3.05) is 11.2 Å². The van der Waals surface area contributed by atoms with E-state index in [2.05, 4.69) is 10.5 Å². The van der Waals surface area contributed by atoms with E-state index >= 15 is 0 Å². The largest absolute Gasteiger partial charge is 0.334 e. The summed E-state index contributed by atoms with van der Waals surface area (Å²) >= 11 is 3.21. The highest BCUT2D eigenvalue weighted by Crippen LogP contribution is 2.39. The van der Waals surface area contributed by atoms with Gasteiger partial charge in [0.15, 0.2) is 0 Å². The van der Waals surface area contributed by atoms with Gasteiger partial charge in [-0.25, -0.2) is 4.79 Å². The maximum atomic E-state index is 13.3. The monoisotopic (exact) mass is 474 g/mol. The van der Waals surface area contributed by atoms with Crippen LogP contribution in [0.4, 0.5) is 10.5 Å². The van der Waals surface area contributed by atoms with Crippen molar-refractivity contribution in [3.05, 3.63) is 88.8 Å². The summed E-state index contributed by atoms with van der Waals surface area (Å²) in [5.41, 5.74) is 4.42. The van der Waals surface area contributed by atoms with Gasteiger partial charge in [-0.2, -0.15) is 4.98 Å². The Bertz CT molecular complexity index is 1310. The van der Waals surface area contributed by atoms with Crippen LogP contribution in [0.5, 0.6) is 0 Å². The van der Waals surface area contributed by atoms with Crippen LogP contribution < -0.4 is 10.2 Å². The average molecular weight is 475 g/mol. The molecule has 6 nitrogen and oxygen atoms in total. The molecule has 0 aliphatic carbocycles. The molecule has 0 saturated heterocycles. The molecule has 0 saturated carbocycles. The van der Waals surface area contributed by atoms with Crippen molar-refractivity contribution in [3.8, 4) is 10.7 Å². The molecule has 33 heavy (non-hydrogen) atoms. The Kier molecular flexibility index (Phi) is 5.78. The zero-order valence-electron chi connectivity index (χ0n) is 18.4. The molecule has 1 atom stereocenters. The van der Waals surface area contributed by atoms with Crippen LogP contribution in [0.15, 0.2) is 81.2 Å². The summed E-state index contributed by atoms with van der Waals surface area (Å²) in [5, 5.41) is 9.34. The van der Waals surface area contributed by atoms with Crippen LogP contribution in [0.2, 0.25) is 0 Å². The van der Waals surface area contributed by atoms with Crippen LogP contribution >= 0.6 is 23.1 Å². The normalized spacial score (nSPS) is 16.3. The number of aryl methyl sites for hydroxylation is 1. The second-order valence-corrected chi connectivity index (χ2v) is 9.55. The predicted molar refractivity (Wildman–Crippen MR) is 133 cm³/mol. The molecule has 0 bridgehead atoms. The van der Waals surface area contributed by atoms with Crippen LogP contribution in [0.1, 0.15) is 30.0 Å². The maximum absolute atomic E-state index is 13.3. The molecule has 166 valence electrons. The van der Waals surface area contributed by atoms with E-state index in [0.717, 1.165) is 37.9 Å². The topological polar surface area (TPSA) is 71.3 Å². The maximum Gasteiger partial charge on any atom is 0.326 e. The molecule has 2 aromatic carbocycles. The average Bonchev–Trinajstić information content (AvgIpc) is 3.52. The summed E-state index contributed by atoms with van der Waals surface area (Å²) in [5.74, 6) is 0.933. The third-order valence-electron chi connectivity index (χ3n) is 5.62. The van der Waals surface area contributed by atoms with Crippen molar-refractivity contribution < 1.29 is 9.32 Å². The van der Waals surface area contributed by atoms with E-state index in [4.69, 9.17) is 9.51 Å². The number of hydrogen-bond acceptors (Lipinski definition) is 6. The van der Waals surface area contributed by atoms with Gasteiger partial charge in [0.05, 0.1) is 22.2 Å².